The van der Waals surface area contributed by atoms with Crippen LogP contribution in [-0.2, 0) is 4.79 Å². The van der Waals surface area contributed by atoms with Gasteiger partial charge in [-0.25, -0.2) is 0 Å². The maximum atomic E-state index is 11.8. The van der Waals surface area contributed by atoms with Gasteiger partial charge in [0.05, 0.1) is 6.04 Å². The Balaban J connectivity index is 1.67. The van der Waals surface area contributed by atoms with Crippen molar-refractivity contribution in [3.63, 3.8) is 0 Å². The molecule has 0 heterocycles. The highest BCUT2D eigenvalue weighted by atomic mass is 16.2. The molecule has 2 rings (SSSR count). The molecule has 1 amide bonds. The first-order valence-electron chi connectivity index (χ1n) is 7.25. The summed E-state index contributed by atoms with van der Waals surface area (Å²) in [5, 5.41) is 6.55. The maximum Gasteiger partial charge on any atom is 0.237 e. The Labute approximate surface area is 105 Å². The standard InChI is InChI=1S/C14H26N2O/c1-3-11-4-6-12(7-5-11)15-10(2)14(17)16-13-8-9-13/h10-13,15H,3-9H2,1-2H3,(H,16,17). The van der Waals surface area contributed by atoms with Gasteiger partial charge in [-0.2, -0.15) is 0 Å². The van der Waals surface area contributed by atoms with E-state index in [9.17, 15) is 4.79 Å². The lowest BCUT2D eigenvalue weighted by Crippen LogP contribution is -2.48. The van der Waals surface area contributed by atoms with Crippen LogP contribution in [0.15, 0.2) is 0 Å². The van der Waals surface area contributed by atoms with Crippen LogP contribution in [-0.4, -0.2) is 24.0 Å². The van der Waals surface area contributed by atoms with Crippen molar-refractivity contribution < 1.29 is 4.79 Å². The van der Waals surface area contributed by atoms with Gasteiger partial charge < -0.3 is 10.6 Å². The molecular weight excluding hydrogens is 212 g/mol. The van der Waals surface area contributed by atoms with Crippen molar-refractivity contribution in [1.29, 1.82) is 0 Å². The molecule has 98 valence electrons. The topological polar surface area (TPSA) is 41.1 Å². The molecule has 2 fully saturated rings. The SMILES string of the molecule is CCC1CCC(NC(C)C(=O)NC2CC2)CC1. The van der Waals surface area contributed by atoms with Crippen LogP contribution in [0.3, 0.4) is 0 Å². The van der Waals surface area contributed by atoms with Crippen molar-refractivity contribution >= 4 is 5.91 Å². The van der Waals surface area contributed by atoms with E-state index in [0.29, 0.717) is 12.1 Å². The smallest absolute Gasteiger partial charge is 0.237 e. The van der Waals surface area contributed by atoms with Crippen LogP contribution >= 0.6 is 0 Å². The molecule has 2 aliphatic carbocycles. The molecule has 1 unspecified atom stereocenters. The minimum atomic E-state index is -0.0289. The first-order chi connectivity index (χ1) is 8.19. The Hall–Kier alpha value is -0.570. The lowest BCUT2D eigenvalue weighted by molar-refractivity contribution is -0.123. The van der Waals surface area contributed by atoms with Crippen LogP contribution in [0.4, 0.5) is 0 Å². The van der Waals surface area contributed by atoms with Gasteiger partial charge in [-0.15, -0.1) is 0 Å². The van der Waals surface area contributed by atoms with Crippen molar-refractivity contribution in [2.75, 3.05) is 0 Å². The quantitative estimate of drug-likeness (QED) is 0.771. The van der Waals surface area contributed by atoms with Crippen LogP contribution in [0.1, 0.15) is 58.8 Å². The van der Waals surface area contributed by atoms with E-state index in [1.54, 1.807) is 0 Å². The lowest BCUT2D eigenvalue weighted by atomic mass is 9.84. The van der Waals surface area contributed by atoms with E-state index in [2.05, 4.69) is 17.6 Å². The Bertz CT molecular complexity index is 255. The molecule has 0 saturated heterocycles. The highest BCUT2D eigenvalue weighted by Crippen LogP contribution is 2.26. The molecule has 2 N–H and O–H groups in total. The number of nitrogens with one attached hydrogen (secondary N) is 2. The number of hydrogen-bond acceptors (Lipinski definition) is 2. The summed E-state index contributed by atoms with van der Waals surface area (Å²) >= 11 is 0. The van der Waals surface area contributed by atoms with Gasteiger partial charge in [-0.05, 0) is 51.4 Å². The van der Waals surface area contributed by atoms with Gasteiger partial charge in [0, 0.05) is 12.1 Å². The summed E-state index contributed by atoms with van der Waals surface area (Å²) in [5.41, 5.74) is 0. The van der Waals surface area contributed by atoms with Gasteiger partial charge in [-0.1, -0.05) is 13.3 Å². The summed E-state index contributed by atoms with van der Waals surface area (Å²) in [6, 6.07) is 0.999. The summed E-state index contributed by atoms with van der Waals surface area (Å²) in [6.45, 7) is 4.27. The minimum Gasteiger partial charge on any atom is -0.352 e. The van der Waals surface area contributed by atoms with E-state index in [1.165, 1.54) is 44.9 Å². The number of carbonyl (C=O) groups excluding carboxylic acids is 1. The Kier molecular flexibility index (Phi) is 4.43. The Morgan fingerprint density at radius 2 is 1.71 bits per heavy atom. The maximum absolute atomic E-state index is 11.8. The van der Waals surface area contributed by atoms with Crippen LogP contribution in [0.2, 0.25) is 0 Å². The molecule has 0 radical (unpaired) electrons. The average molecular weight is 238 g/mol. The molecule has 17 heavy (non-hydrogen) atoms. The second kappa shape index (κ2) is 5.85. The van der Waals surface area contributed by atoms with Gasteiger partial charge in [0.1, 0.15) is 0 Å². The fourth-order valence-corrected chi connectivity index (χ4v) is 2.72. The predicted molar refractivity (Wildman–Crippen MR) is 69.8 cm³/mol. The molecule has 0 aromatic rings. The predicted octanol–water partition coefficient (Wildman–Crippen LogP) is 2.21. The molecule has 2 aliphatic rings. The van der Waals surface area contributed by atoms with E-state index in [4.69, 9.17) is 0 Å². The van der Waals surface area contributed by atoms with E-state index in [1.807, 2.05) is 6.92 Å². The zero-order valence-corrected chi connectivity index (χ0v) is 11.2. The van der Waals surface area contributed by atoms with Crippen molar-refractivity contribution in [2.45, 2.75) is 76.9 Å². The molecule has 2 saturated carbocycles. The fraction of sp³-hybridized carbons (Fsp3) is 0.929. The van der Waals surface area contributed by atoms with E-state index < -0.39 is 0 Å². The zero-order valence-electron chi connectivity index (χ0n) is 11.2. The summed E-state index contributed by atoms with van der Waals surface area (Å²) in [4.78, 5) is 11.8. The normalized spacial score (nSPS) is 30.9. The highest BCUT2D eigenvalue weighted by Gasteiger charge is 2.27. The van der Waals surface area contributed by atoms with Crippen LogP contribution in [0.25, 0.3) is 0 Å². The number of carbonyl (C=O) groups is 1. The molecule has 0 aromatic heterocycles. The Morgan fingerprint density at radius 3 is 2.24 bits per heavy atom. The molecule has 0 aromatic carbocycles. The van der Waals surface area contributed by atoms with Gasteiger partial charge in [0.25, 0.3) is 0 Å². The third kappa shape index (κ3) is 3.98. The molecule has 3 nitrogen and oxygen atoms in total. The Morgan fingerprint density at radius 1 is 1.12 bits per heavy atom. The highest BCUT2D eigenvalue weighted by molar-refractivity contribution is 5.81. The molecule has 3 heteroatoms. The molecule has 0 spiro atoms. The van der Waals surface area contributed by atoms with E-state index in [0.717, 1.165) is 5.92 Å². The molecule has 0 bridgehead atoms. The van der Waals surface area contributed by atoms with Gasteiger partial charge in [0.2, 0.25) is 5.91 Å². The van der Waals surface area contributed by atoms with Crippen LogP contribution < -0.4 is 10.6 Å². The van der Waals surface area contributed by atoms with Gasteiger partial charge in [-0.3, -0.25) is 4.79 Å². The zero-order chi connectivity index (χ0) is 12.3. The van der Waals surface area contributed by atoms with Crippen molar-refractivity contribution in [1.82, 2.24) is 10.6 Å². The van der Waals surface area contributed by atoms with Crippen LogP contribution in [0, 0.1) is 5.92 Å². The van der Waals surface area contributed by atoms with Crippen molar-refractivity contribution in [3.8, 4) is 0 Å². The van der Waals surface area contributed by atoms with Crippen molar-refractivity contribution in [2.24, 2.45) is 5.92 Å². The second-order valence-electron chi connectivity index (χ2n) is 5.80. The number of hydrogen-bond donors (Lipinski definition) is 2. The van der Waals surface area contributed by atoms with E-state index in [-0.39, 0.29) is 11.9 Å². The average Bonchev–Trinajstić information content (AvgIpc) is 3.14. The number of amides is 1. The van der Waals surface area contributed by atoms with Gasteiger partial charge in [0.15, 0.2) is 0 Å². The minimum absolute atomic E-state index is 0.0289. The van der Waals surface area contributed by atoms with Crippen molar-refractivity contribution in [3.05, 3.63) is 0 Å². The van der Waals surface area contributed by atoms with E-state index >= 15 is 0 Å². The first kappa shape index (κ1) is 12.9. The lowest BCUT2D eigenvalue weighted by Gasteiger charge is -2.30. The summed E-state index contributed by atoms with van der Waals surface area (Å²) in [6.07, 6.45) is 8.76. The molecule has 0 aliphatic heterocycles. The summed E-state index contributed by atoms with van der Waals surface area (Å²) < 4.78 is 0. The first-order valence-corrected chi connectivity index (χ1v) is 7.25. The second-order valence-corrected chi connectivity index (χ2v) is 5.80. The largest absolute Gasteiger partial charge is 0.352 e. The monoisotopic (exact) mass is 238 g/mol. The van der Waals surface area contributed by atoms with Gasteiger partial charge >= 0.3 is 0 Å². The molecule has 1 atom stereocenters. The van der Waals surface area contributed by atoms with Crippen LogP contribution in [0.5, 0.6) is 0 Å². The fourth-order valence-electron chi connectivity index (χ4n) is 2.72. The molecular formula is C14H26N2O. The third-order valence-corrected chi connectivity index (χ3v) is 4.23. The third-order valence-electron chi connectivity index (χ3n) is 4.23. The summed E-state index contributed by atoms with van der Waals surface area (Å²) in [5.74, 6) is 1.11. The number of rotatable bonds is 5. The summed E-state index contributed by atoms with van der Waals surface area (Å²) in [7, 11) is 0.